The first-order valence-corrected chi connectivity index (χ1v) is 12.9. The summed E-state index contributed by atoms with van der Waals surface area (Å²) in [5.41, 5.74) is 6.25. The molecule has 12 nitrogen and oxygen atoms in total. The van der Waals surface area contributed by atoms with Gasteiger partial charge in [-0.1, -0.05) is 6.92 Å². The molecule has 5 heterocycles. The van der Waals surface area contributed by atoms with Gasteiger partial charge in [-0.3, -0.25) is 19.0 Å². The number of nitrogens with zero attached hydrogens (tertiary/aromatic N) is 5. The lowest BCUT2D eigenvalue weighted by Gasteiger charge is -2.15. The van der Waals surface area contributed by atoms with E-state index in [1.54, 1.807) is 36.5 Å². The van der Waals surface area contributed by atoms with Crippen molar-refractivity contribution in [3.05, 3.63) is 81.8 Å². The van der Waals surface area contributed by atoms with Crippen molar-refractivity contribution in [3.8, 4) is 11.5 Å². The molecule has 39 heavy (non-hydrogen) atoms. The quantitative estimate of drug-likeness (QED) is 0.292. The maximum atomic E-state index is 13.4. The van der Waals surface area contributed by atoms with Gasteiger partial charge in [0.05, 0.1) is 12.7 Å². The van der Waals surface area contributed by atoms with Crippen LogP contribution in [0.4, 0.5) is 11.5 Å². The van der Waals surface area contributed by atoms with Crippen LogP contribution >= 0.6 is 11.3 Å². The summed E-state index contributed by atoms with van der Waals surface area (Å²) < 4.78 is 7.52. The lowest BCUT2D eigenvalue weighted by Crippen LogP contribution is -2.36. The highest BCUT2D eigenvalue weighted by atomic mass is 32.1. The Kier molecular flexibility index (Phi) is 6.11. The average molecular weight is 543 g/mol. The van der Waals surface area contributed by atoms with E-state index in [0.717, 1.165) is 15.0 Å². The van der Waals surface area contributed by atoms with Gasteiger partial charge in [0, 0.05) is 38.2 Å². The van der Waals surface area contributed by atoms with Crippen molar-refractivity contribution in [1.82, 2.24) is 30.0 Å². The molecular formula is C26H22N8O4S. The summed E-state index contributed by atoms with van der Waals surface area (Å²) in [6.45, 7) is 2.22. The van der Waals surface area contributed by atoms with Crippen molar-refractivity contribution in [2.24, 2.45) is 0 Å². The molecule has 0 unspecified atom stereocenters. The van der Waals surface area contributed by atoms with Gasteiger partial charge in [-0.05, 0) is 42.8 Å². The van der Waals surface area contributed by atoms with Crippen molar-refractivity contribution >= 4 is 44.7 Å². The first kappa shape index (κ1) is 24.4. The fraction of sp³-hybridized carbons (Fsp3) is 0.192. The zero-order valence-electron chi connectivity index (χ0n) is 20.6. The summed E-state index contributed by atoms with van der Waals surface area (Å²) in [6.07, 6.45) is 4.68. The summed E-state index contributed by atoms with van der Waals surface area (Å²) in [5, 5.41) is 14.0. The first-order valence-electron chi connectivity index (χ1n) is 12.1. The van der Waals surface area contributed by atoms with Gasteiger partial charge in [0.15, 0.2) is 0 Å². The molecule has 13 heteroatoms. The van der Waals surface area contributed by atoms with E-state index in [2.05, 4.69) is 30.8 Å². The normalized spacial score (nSPS) is 16.2. The summed E-state index contributed by atoms with van der Waals surface area (Å²) in [6, 6.07) is 9.51. The molecule has 0 aliphatic carbocycles. The number of amides is 2. The molecule has 4 N–H and O–H groups in total. The fourth-order valence-corrected chi connectivity index (χ4v) is 5.67. The topological polar surface area (TPSA) is 171 Å². The molecule has 2 atom stereocenters. The van der Waals surface area contributed by atoms with Crippen molar-refractivity contribution in [2.45, 2.75) is 31.8 Å². The Bertz CT molecular complexity index is 1760. The number of carbonyl (C=O) groups is 2. The molecule has 5 aromatic rings. The van der Waals surface area contributed by atoms with Gasteiger partial charge in [0.2, 0.25) is 18.2 Å². The highest BCUT2D eigenvalue weighted by Gasteiger charge is 2.35. The van der Waals surface area contributed by atoms with Crippen LogP contribution in [0, 0.1) is 0 Å². The maximum Gasteiger partial charge on any atom is 0.278 e. The van der Waals surface area contributed by atoms with Crippen LogP contribution < -0.4 is 21.9 Å². The number of aromatic nitrogens is 5. The highest BCUT2D eigenvalue weighted by molar-refractivity contribution is 7.19. The average Bonchev–Trinajstić information content (AvgIpc) is 3.68. The number of nitrogens with two attached hydrogens (primary N) is 1. The number of nitrogens with one attached hydrogen (secondary N) is 2. The Morgan fingerprint density at radius 1 is 1.18 bits per heavy atom. The van der Waals surface area contributed by atoms with E-state index >= 15 is 0 Å². The van der Waals surface area contributed by atoms with Crippen LogP contribution in [0.15, 0.2) is 64.4 Å². The van der Waals surface area contributed by atoms with Crippen LogP contribution in [0.25, 0.3) is 21.5 Å². The van der Waals surface area contributed by atoms with Crippen LogP contribution in [0.1, 0.15) is 46.4 Å². The van der Waals surface area contributed by atoms with Crippen LogP contribution in [0.5, 0.6) is 0 Å². The smallest absolute Gasteiger partial charge is 0.278 e. The number of rotatable bonds is 6. The second-order valence-electron chi connectivity index (χ2n) is 9.21. The van der Waals surface area contributed by atoms with Crippen molar-refractivity contribution < 1.29 is 14.0 Å². The van der Waals surface area contributed by atoms with E-state index in [9.17, 15) is 14.4 Å². The highest BCUT2D eigenvalue weighted by Crippen LogP contribution is 2.34. The van der Waals surface area contributed by atoms with E-state index in [0.29, 0.717) is 41.6 Å². The lowest BCUT2D eigenvalue weighted by atomic mass is 10.1. The fourth-order valence-electron chi connectivity index (χ4n) is 4.64. The largest absolute Gasteiger partial charge is 0.423 e. The molecule has 0 fully saturated rings. The predicted molar refractivity (Wildman–Crippen MR) is 144 cm³/mol. The van der Waals surface area contributed by atoms with E-state index < -0.39 is 17.5 Å². The van der Waals surface area contributed by atoms with Crippen LogP contribution in [-0.4, -0.2) is 36.5 Å². The zero-order chi connectivity index (χ0) is 27.1. The standard InChI is InChI=1S/C26H22N8O4S/c1-13-6-19(24(36)30-10-17-7-16-9-28-21(27)8-20(16)39-17)34-22(13)29-11-18(26(34)37)32-23(35)14-2-4-15(5-3-14)25-33-31-12-38-25/h2-5,7-9,11-13,19H,6,10H2,1H3,(H2,27,28)(H,30,36)(H,32,35)/t13-,19+/m1/s1. The second-order valence-corrected chi connectivity index (χ2v) is 10.4. The minimum Gasteiger partial charge on any atom is -0.423 e. The molecule has 1 aliphatic rings. The third kappa shape index (κ3) is 4.63. The Labute approximate surface area is 224 Å². The van der Waals surface area contributed by atoms with Gasteiger partial charge >= 0.3 is 0 Å². The summed E-state index contributed by atoms with van der Waals surface area (Å²) in [5.74, 6) is 0.389. The molecule has 0 saturated carbocycles. The van der Waals surface area contributed by atoms with Crippen molar-refractivity contribution in [3.63, 3.8) is 0 Å². The lowest BCUT2D eigenvalue weighted by molar-refractivity contribution is -0.124. The van der Waals surface area contributed by atoms with Gasteiger partial charge in [0.25, 0.3) is 11.5 Å². The molecule has 1 aromatic carbocycles. The molecule has 0 radical (unpaired) electrons. The van der Waals surface area contributed by atoms with Gasteiger partial charge in [-0.15, -0.1) is 21.5 Å². The summed E-state index contributed by atoms with van der Waals surface area (Å²) >= 11 is 1.52. The number of carbonyl (C=O) groups excluding carboxylic acids is 2. The minimum absolute atomic E-state index is 0.00813. The predicted octanol–water partition coefficient (Wildman–Crippen LogP) is 3.10. The van der Waals surface area contributed by atoms with E-state index in [4.69, 9.17) is 10.2 Å². The molecule has 4 aromatic heterocycles. The maximum absolute atomic E-state index is 13.4. The molecular weight excluding hydrogens is 520 g/mol. The Morgan fingerprint density at radius 2 is 2.00 bits per heavy atom. The number of benzene rings is 1. The number of nitrogen functional groups attached to an aromatic ring is 1. The molecule has 196 valence electrons. The molecule has 0 spiro atoms. The van der Waals surface area contributed by atoms with Gasteiger partial charge < -0.3 is 20.8 Å². The SMILES string of the molecule is C[C@@H]1C[C@@H](C(=O)NCc2cc3cnc(N)cc3s2)n2c1ncc(NC(=O)c1ccc(-c3nnco3)cc1)c2=O. The number of hydrogen-bond donors (Lipinski definition) is 3. The van der Waals surface area contributed by atoms with E-state index in [1.807, 2.05) is 13.0 Å². The van der Waals surface area contributed by atoms with E-state index in [-0.39, 0.29) is 17.5 Å². The van der Waals surface area contributed by atoms with Crippen LogP contribution in [0.3, 0.4) is 0 Å². The van der Waals surface area contributed by atoms with Gasteiger partial charge in [-0.25, -0.2) is 9.97 Å². The number of hydrogen-bond acceptors (Lipinski definition) is 10. The third-order valence-electron chi connectivity index (χ3n) is 6.57. The van der Waals surface area contributed by atoms with Crippen molar-refractivity contribution in [1.29, 1.82) is 0 Å². The second kappa shape index (κ2) is 9.76. The zero-order valence-corrected chi connectivity index (χ0v) is 21.4. The minimum atomic E-state index is -0.743. The Balaban J connectivity index is 1.18. The van der Waals surface area contributed by atoms with Crippen molar-refractivity contribution in [2.75, 3.05) is 11.1 Å². The van der Waals surface area contributed by atoms with E-state index in [1.165, 1.54) is 28.5 Å². The Morgan fingerprint density at radius 3 is 2.77 bits per heavy atom. The van der Waals surface area contributed by atoms with Crippen LogP contribution in [0.2, 0.25) is 0 Å². The molecule has 0 bridgehead atoms. The molecule has 6 rings (SSSR count). The number of pyridine rings is 1. The Hall–Kier alpha value is -4.91. The molecule has 1 aliphatic heterocycles. The monoisotopic (exact) mass is 542 g/mol. The van der Waals surface area contributed by atoms with Gasteiger partial charge in [0.1, 0.15) is 23.4 Å². The number of anilines is 2. The summed E-state index contributed by atoms with van der Waals surface area (Å²) in [7, 11) is 0. The van der Waals surface area contributed by atoms with Gasteiger partial charge in [-0.2, -0.15) is 0 Å². The number of thiophene rings is 1. The molecule has 2 amide bonds. The first-order chi connectivity index (χ1) is 18.9. The molecule has 0 saturated heterocycles. The number of fused-ring (bicyclic) bond motifs is 2. The van der Waals surface area contributed by atoms with Crippen LogP contribution in [-0.2, 0) is 11.3 Å². The third-order valence-corrected chi connectivity index (χ3v) is 7.66. The summed E-state index contributed by atoms with van der Waals surface area (Å²) in [4.78, 5) is 48.9.